The Morgan fingerprint density at radius 2 is 1.84 bits per heavy atom. The molecule has 1 aliphatic carbocycles. The average molecular weight is 443 g/mol. The van der Waals surface area contributed by atoms with E-state index in [1.165, 1.54) is 0 Å². The van der Waals surface area contributed by atoms with Crippen LogP contribution in [0.2, 0.25) is 5.02 Å². The SMILES string of the molecule is Cc1cc(Cl)cc(-c2cc(OC3=CCC(C)C=C3)n(-c3ccc4cc(O)ccc4c3)n2)c1. The number of hydrogen-bond acceptors (Lipinski definition) is 3. The minimum absolute atomic E-state index is 0.247. The third-order valence-electron chi connectivity index (χ3n) is 5.57. The van der Waals surface area contributed by atoms with E-state index in [0.717, 1.165) is 45.5 Å². The molecule has 0 amide bonds. The summed E-state index contributed by atoms with van der Waals surface area (Å²) >= 11 is 6.31. The van der Waals surface area contributed by atoms with Gasteiger partial charge in [-0.05, 0) is 90.2 Å². The van der Waals surface area contributed by atoms with E-state index >= 15 is 0 Å². The molecular weight excluding hydrogens is 420 g/mol. The summed E-state index contributed by atoms with van der Waals surface area (Å²) in [6.45, 7) is 4.20. The van der Waals surface area contributed by atoms with Crippen molar-refractivity contribution in [1.29, 1.82) is 0 Å². The first-order valence-corrected chi connectivity index (χ1v) is 11.0. The van der Waals surface area contributed by atoms with E-state index in [1.807, 2.05) is 60.1 Å². The second-order valence-corrected chi connectivity index (χ2v) is 8.73. The van der Waals surface area contributed by atoms with Crippen LogP contribution in [-0.4, -0.2) is 14.9 Å². The lowest BCUT2D eigenvalue weighted by Gasteiger charge is -2.14. The van der Waals surface area contributed by atoms with Crippen LogP contribution < -0.4 is 4.74 Å². The van der Waals surface area contributed by atoms with Crippen LogP contribution >= 0.6 is 11.6 Å². The highest BCUT2D eigenvalue weighted by molar-refractivity contribution is 6.30. The van der Waals surface area contributed by atoms with Crippen molar-refractivity contribution < 1.29 is 9.84 Å². The van der Waals surface area contributed by atoms with Crippen molar-refractivity contribution in [3.05, 3.63) is 95.2 Å². The Morgan fingerprint density at radius 3 is 2.62 bits per heavy atom. The molecule has 5 heteroatoms. The molecule has 1 atom stereocenters. The number of aromatic hydroxyl groups is 1. The van der Waals surface area contributed by atoms with E-state index in [9.17, 15) is 5.11 Å². The molecular formula is C27H23ClN2O2. The van der Waals surface area contributed by atoms with Gasteiger partial charge in [0, 0.05) is 16.7 Å². The molecule has 1 N–H and O–H groups in total. The molecule has 160 valence electrons. The smallest absolute Gasteiger partial charge is 0.223 e. The molecule has 4 aromatic rings. The third-order valence-corrected chi connectivity index (χ3v) is 5.79. The fourth-order valence-corrected chi connectivity index (χ4v) is 4.19. The molecule has 0 spiro atoms. The molecule has 1 unspecified atom stereocenters. The summed E-state index contributed by atoms with van der Waals surface area (Å²) in [5.74, 6) is 2.19. The Morgan fingerprint density at radius 1 is 1.03 bits per heavy atom. The predicted molar refractivity (Wildman–Crippen MR) is 130 cm³/mol. The zero-order valence-electron chi connectivity index (χ0n) is 17.9. The van der Waals surface area contributed by atoms with Gasteiger partial charge in [-0.15, -0.1) is 0 Å². The summed E-state index contributed by atoms with van der Waals surface area (Å²) < 4.78 is 8.09. The molecule has 5 rings (SSSR count). The lowest BCUT2D eigenvalue weighted by molar-refractivity contribution is 0.403. The van der Waals surface area contributed by atoms with E-state index in [1.54, 1.807) is 12.1 Å². The molecule has 0 radical (unpaired) electrons. The second kappa shape index (κ2) is 8.21. The van der Waals surface area contributed by atoms with Gasteiger partial charge in [0.2, 0.25) is 5.88 Å². The number of phenols is 1. The van der Waals surface area contributed by atoms with Gasteiger partial charge in [0.1, 0.15) is 11.5 Å². The van der Waals surface area contributed by atoms with Crippen molar-refractivity contribution in [1.82, 2.24) is 9.78 Å². The molecule has 3 aromatic carbocycles. The highest BCUT2D eigenvalue weighted by Crippen LogP contribution is 2.32. The number of nitrogens with zero attached hydrogens (tertiary/aromatic N) is 2. The van der Waals surface area contributed by atoms with Crippen LogP contribution in [-0.2, 0) is 0 Å². The second-order valence-electron chi connectivity index (χ2n) is 8.29. The summed E-state index contributed by atoms with van der Waals surface area (Å²) in [4.78, 5) is 0. The molecule has 1 heterocycles. The number of allylic oxidation sites excluding steroid dienone is 3. The first-order chi connectivity index (χ1) is 15.4. The molecule has 0 aliphatic heterocycles. The van der Waals surface area contributed by atoms with Gasteiger partial charge in [0.15, 0.2) is 0 Å². The number of benzene rings is 3. The Labute approximate surface area is 192 Å². The van der Waals surface area contributed by atoms with Gasteiger partial charge < -0.3 is 9.84 Å². The van der Waals surface area contributed by atoms with E-state index in [4.69, 9.17) is 21.4 Å². The highest BCUT2D eigenvalue weighted by atomic mass is 35.5. The van der Waals surface area contributed by atoms with Crippen molar-refractivity contribution in [2.45, 2.75) is 20.3 Å². The summed E-state index contributed by atoms with van der Waals surface area (Å²) in [7, 11) is 0. The van der Waals surface area contributed by atoms with Gasteiger partial charge in [-0.2, -0.15) is 5.10 Å². The van der Waals surface area contributed by atoms with Crippen molar-refractivity contribution >= 4 is 22.4 Å². The summed E-state index contributed by atoms with van der Waals surface area (Å²) in [6.07, 6.45) is 7.21. The Balaban J connectivity index is 1.61. The summed E-state index contributed by atoms with van der Waals surface area (Å²) in [5, 5.41) is 17.3. The molecule has 0 fully saturated rings. The normalized spacial score (nSPS) is 15.7. The molecule has 4 nitrogen and oxygen atoms in total. The van der Waals surface area contributed by atoms with Gasteiger partial charge in [-0.3, -0.25) is 0 Å². The number of halogens is 1. The Kier molecular flexibility index (Phi) is 5.24. The minimum atomic E-state index is 0.247. The van der Waals surface area contributed by atoms with E-state index in [0.29, 0.717) is 16.8 Å². The quantitative estimate of drug-likeness (QED) is 0.363. The van der Waals surface area contributed by atoms with Gasteiger partial charge in [-0.1, -0.05) is 36.7 Å². The lowest BCUT2D eigenvalue weighted by Crippen LogP contribution is -2.05. The van der Waals surface area contributed by atoms with Gasteiger partial charge >= 0.3 is 0 Å². The largest absolute Gasteiger partial charge is 0.508 e. The molecule has 0 saturated heterocycles. The highest BCUT2D eigenvalue weighted by Gasteiger charge is 2.16. The first kappa shape index (κ1) is 20.4. The zero-order chi connectivity index (χ0) is 22.2. The van der Waals surface area contributed by atoms with Gasteiger partial charge in [0.05, 0.1) is 11.4 Å². The van der Waals surface area contributed by atoms with Gasteiger partial charge in [-0.25, -0.2) is 4.68 Å². The maximum atomic E-state index is 9.77. The number of phenolic OH excluding ortho intramolecular Hbond substituents is 1. The van der Waals surface area contributed by atoms with Crippen LogP contribution in [0.15, 0.2) is 84.7 Å². The predicted octanol–water partition coefficient (Wildman–Crippen LogP) is 7.22. The third kappa shape index (κ3) is 4.14. The van der Waals surface area contributed by atoms with E-state index in [-0.39, 0.29) is 5.75 Å². The maximum Gasteiger partial charge on any atom is 0.223 e. The van der Waals surface area contributed by atoms with Crippen LogP contribution in [0.3, 0.4) is 0 Å². The van der Waals surface area contributed by atoms with Crippen molar-refractivity contribution in [2.75, 3.05) is 0 Å². The Hall–Kier alpha value is -3.50. The standard InChI is InChI=1S/C27H23ClN2O2/c1-17-3-9-25(10-4-17)32-27-16-26(21-11-18(2)12-22(28)13-21)29-30(27)23-7-5-20-15-24(31)8-6-19(20)14-23/h3,5-17,31H,4H2,1-2H3. The van der Waals surface area contributed by atoms with Gasteiger partial charge in [0.25, 0.3) is 0 Å². The fraction of sp³-hybridized carbons (Fsp3) is 0.148. The Bertz CT molecular complexity index is 1360. The van der Waals surface area contributed by atoms with Crippen LogP contribution in [0.4, 0.5) is 0 Å². The molecule has 1 aromatic heterocycles. The number of ether oxygens (including phenoxy) is 1. The molecule has 0 saturated carbocycles. The van der Waals surface area contributed by atoms with Crippen LogP contribution in [0, 0.1) is 12.8 Å². The number of rotatable bonds is 4. The van der Waals surface area contributed by atoms with Crippen LogP contribution in [0.1, 0.15) is 18.9 Å². The van der Waals surface area contributed by atoms with Crippen LogP contribution in [0.5, 0.6) is 11.6 Å². The zero-order valence-corrected chi connectivity index (χ0v) is 18.7. The molecule has 32 heavy (non-hydrogen) atoms. The minimum Gasteiger partial charge on any atom is -0.508 e. The monoisotopic (exact) mass is 442 g/mol. The van der Waals surface area contributed by atoms with Crippen molar-refractivity contribution in [3.8, 4) is 28.6 Å². The van der Waals surface area contributed by atoms with E-state index in [2.05, 4.69) is 25.1 Å². The number of fused-ring (bicyclic) bond motifs is 1. The number of aryl methyl sites for hydroxylation is 1. The summed E-state index contributed by atoms with van der Waals surface area (Å²) in [6, 6.07) is 19.2. The molecule has 1 aliphatic rings. The molecule has 0 bridgehead atoms. The van der Waals surface area contributed by atoms with Crippen molar-refractivity contribution in [3.63, 3.8) is 0 Å². The maximum absolute atomic E-state index is 9.77. The lowest BCUT2D eigenvalue weighted by atomic mass is 10.0. The van der Waals surface area contributed by atoms with E-state index < -0.39 is 0 Å². The number of aromatic nitrogens is 2. The fourth-order valence-electron chi connectivity index (χ4n) is 3.90. The first-order valence-electron chi connectivity index (χ1n) is 10.6. The topological polar surface area (TPSA) is 47.3 Å². The number of hydrogen-bond donors (Lipinski definition) is 1. The summed E-state index contributed by atoms with van der Waals surface area (Å²) in [5.41, 5.74) is 3.66. The van der Waals surface area contributed by atoms with Crippen LogP contribution in [0.25, 0.3) is 27.7 Å². The van der Waals surface area contributed by atoms with Crippen molar-refractivity contribution in [2.24, 2.45) is 5.92 Å². The average Bonchev–Trinajstić information content (AvgIpc) is 3.18.